The van der Waals surface area contributed by atoms with Crippen molar-refractivity contribution < 1.29 is 14.6 Å². The van der Waals surface area contributed by atoms with Crippen molar-refractivity contribution in [2.45, 2.75) is 6.92 Å². The molecule has 5 heteroatoms. The van der Waals surface area contributed by atoms with Gasteiger partial charge in [0.25, 0.3) is 0 Å². The van der Waals surface area contributed by atoms with Gasteiger partial charge in [-0.3, -0.25) is 0 Å². The van der Waals surface area contributed by atoms with Crippen LogP contribution < -0.4 is 4.74 Å². The van der Waals surface area contributed by atoms with Crippen LogP contribution in [-0.4, -0.2) is 21.3 Å². The van der Waals surface area contributed by atoms with Crippen LogP contribution in [0.5, 0.6) is 11.6 Å². The van der Waals surface area contributed by atoms with Crippen molar-refractivity contribution in [1.82, 2.24) is 10.2 Å². The fourth-order valence-corrected chi connectivity index (χ4v) is 2.07. The van der Waals surface area contributed by atoms with E-state index in [2.05, 4.69) is 10.2 Å². The lowest BCUT2D eigenvalue weighted by atomic mass is 10.1. The number of nitrogens with zero attached hydrogens (tertiary/aromatic N) is 2. The molecule has 0 bridgehead atoms. The van der Waals surface area contributed by atoms with Crippen LogP contribution >= 0.6 is 0 Å². The first-order chi connectivity index (χ1) is 10.1. The van der Waals surface area contributed by atoms with Crippen LogP contribution in [0.2, 0.25) is 0 Å². The highest BCUT2D eigenvalue weighted by Gasteiger charge is 2.16. The zero-order chi connectivity index (χ0) is 14.8. The molecule has 3 aromatic rings. The largest absolute Gasteiger partial charge is 0.478 e. The quantitative estimate of drug-likeness (QED) is 0.795. The van der Waals surface area contributed by atoms with Crippen LogP contribution in [0.4, 0.5) is 0 Å². The Labute approximate surface area is 120 Å². The van der Waals surface area contributed by atoms with Crippen LogP contribution in [0, 0.1) is 6.92 Å². The molecule has 1 N–H and O–H groups in total. The number of carboxylic acids is 1. The van der Waals surface area contributed by atoms with Crippen molar-refractivity contribution in [1.29, 1.82) is 0 Å². The minimum absolute atomic E-state index is 0.0936. The Morgan fingerprint density at radius 3 is 2.57 bits per heavy atom. The van der Waals surface area contributed by atoms with E-state index in [-0.39, 0.29) is 17.2 Å². The molecule has 0 aliphatic carbocycles. The summed E-state index contributed by atoms with van der Waals surface area (Å²) >= 11 is 0. The van der Waals surface area contributed by atoms with E-state index in [4.69, 9.17) is 4.74 Å². The van der Waals surface area contributed by atoms with E-state index in [9.17, 15) is 9.90 Å². The van der Waals surface area contributed by atoms with Crippen molar-refractivity contribution in [2.75, 3.05) is 0 Å². The Balaban J connectivity index is 2.16. The molecule has 0 aliphatic rings. The summed E-state index contributed by atoms with van der Waals surface area (Å²) in [5.41, 5.74) is 0.856. The molecule has 0 spiro atoms. The Hall–Kier alpha value is -2.95. The maximum absolute atomic E-state index is 11.4. The van der Waals surface area contributed by atoms with Crippen molar-refractivity contribution in [3.05, 3.63) is 59.8 Å². The summed E-state index contributed by atoms with van der Waals surface area (Å²) in [6, 6.07) is 14.1. The summed E-state index contributed by atoms with van der Waals surface area (Å²) in [5, 5.41) is 18.8. The minimum Gasteiger partial charge on any atom is -0.478 e. The summed E-state index contributed by atoms with van der Waals surface area (Å²) in [6.07, 6.45) is 0. The number of aromatic nitrogens is 2. The number of fused-ring (bicyclic) bond motifs is 1. The highest BCUT2D eigenvalue weighted by molar-refractivity contribution is 6.00. The lowest BCUT2D eigenvalue weighted by Gasteiger charge is -2.11. The predicted molar refractivity (Wildman–Crippen MR) is 77.8 cm³/mol. The molecule has 2 aromatic carbocycles. The van der Waals surface area contributed by atoms with Gasteiger partial charge in [0.05, 0.1) is 5.69 Å². The van der Waals surface area contributed by atoms with Gasteiger partial charge in [-0.1, -0.05) is 30.3 Å². The summed E-state index contributed by atoms with van der Waals surface area (Å²) in [4.78, 5) is 11.4. The molecule has 5 nitrogen and oxygen atoms in total. The zero-order valence-electron chi connectivity index (χ0n) is 11.3. The number of rotatable bonds is 3. The highest BCUT2D eigenvalue weighted by atomic mass is 16.5. The van der Waals surface area contributed by atoms with Crippen molar-refractivity contribution >= 4 is 16.7 Å². The second kappa shape index (κ2) is 5.20. The fourth-order valence-electron chi connectivity index (χ4n) is 2.07. The first-order valence-electron chi connectivity index (χ1n) is 6.38. The van der Waals surface area contributed by atoms with Crippen LogP contribution in [-0.2, 0) is 0 Å². The average molecular weight is 280 g/mol. The van der Waals surface area contributed by atoms with Gasteiger partial charge in [0, 0.05) is 11.5 Å². The van der Waals surface area contributed by atoms with Gasteiger partial charge >= 0.3 is 5.97 Å². The molecule has 3 rings (SSSR count). The summed E-state index contributed by atoms with van der Waals surface area (Å²) in [5.74, 6) is -0.506. The summed E-state index contributed by atoms with van der Waals surface area (Å²) in [6.45, 7) is 1.82. The molecular weight excluding hydrogens is 268 g/mol. The molecule has 1 aromatic heterocycles. The molecule has 104 valence electrons. The van der Waals surface area contributed by atoms with Crippen LogP contribution in [0.15, 0.2) is 48.5 Å². The van der Waals surface area contributed by atoms with E-state index in [0.29, 0.717) is 0 Å². The Morgan fingerprint density at radius 2 is 1.86 bits per heavy atom. The third-order valence-electron chi connectivity index (χ3n) is 3.09. The number of aromatic carboxylic acids is 1. The first-order valence-corrected chi connectivity index (χ1v) is 6.38. The zero-order valence-corrected chi connectivity index (χ0v) is 11.3. The predicted octanol–water partition coefficient (Wildman–Crippen LogP) is 3.43. The molecule has 0 aliphatic heterocycles. The average Bonchev–Trinajstić information content (AvgIpc) is 2.49. The Morgan fingerprint density at radius 1 is 1.05 bits per heavy atom. The third kappa shape index (κ3) is 2.53. The van der Waals surface area contributed by atoms with Gasteiger partial charge in [-0.05, 0) is 24.4 Å². The smallest absolute Gasteiger partial charge is 0.339 e. The number of hydrogen-bond donors (Lipinski definition) is 1. The van der Waals surface area contributed by atoms with Gasteiger partial charge in [0.2, 0.25) is 5.88 Å². The van der Waals surface area contributed by atoms with Crippen LogP contribution in [0.1, 0.15) is 16.1 Å². The SMILES string of the molecule is Cc1ccc(Oc2c(C(=O)O)ccc3ccccc23)nn1. The lowest BCUT2D eigenvalue weighted by molar-refractivity contribution is 0.0694. The number of aryl methyl sites for hydroxylation is 1. The Kier molecular flexibility index (Phi) is 3.23. The van der Waals surface area contributed by atoms with Gasteiger partial charge in [0.1, 0.15) is 5.56 Å². The molecule has 1 heterocycles. The van der Waals surface area contributed by atoms with E-state index >= 15 is 0 Å². The van der Waals surface area contributed by atoms with E-state index < -0.39 is 5.97 Å². The molecule has 0 atom stereocenters. The number of benzene rings is 2. The van der Waals surface area contributed by atoms with E-state index in [1.54, 1.807) is 18.2 Å². The first kappa shape index (κ1) is 13.1. The van der Waals surface area contributed by atoms with E-state index in [0.717, 1.165) is 16.5 Å². The maximum atomic E-state index is 11.4. The number of ether oxygens (including phenoxy) is 1. The normalized spacial score (nSPS) is 10.5. The molecule has 0 fully saturated rings. The molecule has 0 unspecified atom stereocenters. The molecule has 0 saturated heterocycles. The second-order valence-electron chi connectivity index (χ2n) is 4.58. The number of hydrogen-bond acceptors (Lipinski definition) is 4. The number of carboxylic acid groups (broad SMARTS) is 1. The standard InChI is InChI=1S/C16H12N2O3/c1-10-6-9-14(18-17-10)21-15-12-5-3-2-4-11(12)7-8-13(15)16(19)20/h2-9H,1H3,(H,19,20). The molecular formula is C16H12N2O3. The molecule has 0 radical (unpaired) electrons. The molecule has 0 saturated carbocycles. The molecule has 0 amide bonds. The lowest BCUT2D eigenvalue weighted by Crippen LogP contribution is -2.02. The monoisotopic (exact) mass is 280 g/mol. The van der Waals surface area contributed by atoms with E-state index in [1.807, 2.05) is 31.2 Å². The van der Waals surface area contributed by atoms with Crippen molar-refractivity contribution in [2.24, 2.45) is 0 Å². The van der Waals surface area contributed by atoms with Gasteiger partial charge in [0.15, 0.2) is 5.75 Å². The number of carbonyl (C=O) groups is 1. The highest BCUT2D eigenvalue weighted by Crippen LogP contribution is 2.32. The minimum atomic E-state index is -1.05. The topological polar surface area (TPSA) is 72.3 Å². The summed E-state index contributed by atoms with van der Waals surface area (Å²) in [7, 11) is 0. The fraction of sp³-hybridized carbons (Fsp3) is 0.0625. The Bertz CT molecular complexity index is 813. The maximum Gasteiger partial charge on any atom is 0.339 e. The van der Waals surface area contributed by atoms with Gasteiger partial charge in [-0.15, -0.1) is 5.10 Å². The van der Waals surface area contributed by atoms with Crippen molar-refractivity contribution in [3.63, 3.8) is 0 Å². The third-order valence-corrected chi connectivity index (χ3v) is 3.09. The van der Waals surface area contributed by atoms with Gasteiger partial charge in [-0.2, -0.15) is 5.10 Å². The van der Waals surface area contributed by atoms with Gasteiger partial charge in [-0.25, -0.2) is 4.79 Å². The van der Waals surface area contributed by atoms with Gasteiger partial charge < -0.3 is 9.84 Å². The molecule has 21 heavy (non-hydrogen) atoms. The summed E-state index contributed by atoms with van der Waals surface area (Å²) < 4.78 is 5.68. The van der Waals surface area contributed by atoms with Crippen LogP contribution in [0.25, 0.3) is 10.8 Å². The van der Waals surface area contributed by atoms with E-state index in [1.165, 1.54) is 6.07 Å². The van der Waals surface area contributed by atoms with Crippen molar-refractivity contribution in [3.8, 4) is 11.6 Å². The second-order valence-corrected chi connectivity index (χ2v) is 4.58. The van der Waals surface area contributed by atoms with Crippen LogP contribution in [0.3, 0.4) is 0 Å².